The fourth-order valence-corrected chi connectivity index (χ4v) is 2.69. The van der Waals surface area contributed by atoms with Crippen LogP contribution in [0.5, 0.6) is 0 Å². The summed E-state index contributed by atoms with van der Waals surface area (Å²) in [6.45, 7) is 0. The molecular weight excluding hydrogens is 234 g/mol. The number of rotatable bonds is 1. The minimum atomic E-state index is -4.78. The Morgan fingerprint density at radius 1 is 1.42 bits per heavy atom. The molecule has 1 N–H and O–H groups in total. The van der Waals surface area contributed by atoms with Gasteiger partial charge in [-0.2, -0.15) is 12.8 Å². The van der Waals surface area contributed by atoms with Gasteiger partial charge in [0.05, 0.1) is 0 Å². The number of hydrogen-bond donors (Lipinski definition) is 1. The van der Waals surface area contributed by atoms with E-state index in [-0.39, 0.29) is 11.3 Å². The minimum absolute atomic E-state index is 0.107. The van der Waals surface area contributed by atoms with Crippen molar-refractivity contribution in [1.29, 1.82) is 0 Å². The summed E-state index contributed by atoms with van der Waals surface area (Å²) >= 11 is 5.24. The Kier molecular flexibility index (Phi) is 2.39. The fourth-order valence-electron chi connectivity index (χ4n) is 0.560. The maximum Gasteiger partial charge on any atom is 0.299 e. The molecule has 0 radical (unpaired) electrons. The average Bonchev–Trinajstić information content (AvgIpc) is 2.05. The minimum Gasteiger partial charge on any atom is -0.282 e. The van der Waals surface area contributed by atoms with Gasteiger partial charge >= 0.3 is 0 Å². The van der Waals surface area contributed by atoms with E-state index in [4.69, 9.17) is 16.2 Å². The first-order chi connectivity index (χ1) is 5.34. The lowest BCUT2D eigenvalue weighted by Crippen LogP contribution is -1.99. The molecule has 3 nitrogen and oxygen atoms in total. The molecule has 1 rings (SSSR count). The molecule has 68 valence electrons. The van der Waals surface area contributed by atoms with Crippen LogP contribution in [0.15, 0.2) is 4.90 Å². The monoisotopic (exact) mass is 234 g/mol. The fraction of sp³-hybridized carbons (Fsp3) is 0. The van der Waals surface area contributed by atoms with Crippen LogP contribution in [-0.2, 0) is 10.1 Å². The van der Waals surface area contributed by atoms with Crippen LogP contribution >= 0.6 is 22.9 Å². The molecule has 0 bridgehead atoms. The summed E-state index contributed by atoms with van der Waals surface area (Å²) in [5.74, 6) is -1.65. The second kappa shape index (κ2) is 2.91. The van der Waals surface area contributed by atoms with E-state index in [1.165, 1.54) is 0 Å². The van der Waals surface area contributed by atoms with Gasteiger partial charge in [0.25, 0.3) is 10.1 Å². The molecule has 0 aliphatic carbocycles. The molecule has 0 fully saturated rings. The van der Waals surface area contributed by atoms with Gasteiger partial charge in [0.2, 0.25) is 5.13 Å². The third kappa shape index (κ3) is 1.58. The molecule has 1 aromatic heterocycles. The van der Waals surface area contributed by atoms with Gasteiger partial charge in [-0.25, -0.2) is 4.39 Å². The lowest BCUT2D eigenvalue weighted by atomic mass is 10.6. The molecular formula is C4HClF2O3S2. The van der Waals surface area contributed by atoms with Gasteiger partial charge in [-0.15, -0.1) is 0 Å². The van der Waals surface area contributed by atoms with E-state index in [9.17, 15) is 17.2 Å². The van der Waals surface area contributed by atoms with Crippen LogP contribution in [0.3, 0.4) is 0 Å². The van der Waals surface area contributed by atoms with Gasteiger partial charge in [-0.05, 0) is 0 Å². The normalized spacial score (nSPS) is 12.0. The lowest BCUT2D eigenvalue weighted by Gasteiger charge is -1.91. The van der Waals surface area contributed by atoms with E-state index in [0.29, 0.717) is 0 Å². The van der Waals surface area contributed by atoms with Gasteiger partial charge in [-0.3, -0.25) is 4.55 Å². The molecule has 0 atom stereocenters. The highest BCUT2D eigenvalue weighted by atomic mass is 35.5. The first-order valence-electron chi connectivity index (χ1n) is 2.45. The van der Waals surface area contributed by atoms with Crippen LogP contribution in [0, 0.1) is 10.9 Å². The predicted octanol–water partition coefficient (Wildman–Crippen LogP) is 1.93. The van der Waals surface area contributed by atoms with E-state index in [2.05, 4.69) is 0 Å². The summed E-state index contributed by atoms with van der Waals surface area (Å²) in [6.07, 6.45) is 0. The lowest BCUT2D eigenvalue weighted by molar-refractivity contribution is 0.463. The molecule has 0 saturated carbocycles. The summed E-state index contributed by atoms with van der Waals surface area (Å²) in [5.41, 5.74) is 0. The first-order valence-corrected chi connectivity index (χ1v) is 5.08. The summed E-state index contributed by atoms with van der Waals surface area (Å²) < 4.78 is 53.3. The highest BCUT2D eigenvalue weighted by Crippen LogP contribution is 2.33. The molecule has 0 amide bonds. The van der Waals surface area contributed by atoms with Crippen LogP contribution in [0.25, 0.3) is 0 Å². The van der Waals surface area contributed by atoms with Gasteiger partial charge in [0.1, 0.15) is 4.34 Å². The molecule has 0 aliphatic heterocycles. The Morgan fingerprint density at radius 2 is 1.92 bits per heavy atom. The Bertz CT molecular complexity index is 410. The van der Waals surface area contributed by atoms with E-state index in [1.807, 2.05) is 0 Å². The Morgan fingerprint density at radius 3 is 2.08 bits per heavy atom. The Labute approximate surface area is 75.3 Å². The van der Waals surface area contributed by atoms with Crippen LogP contribution in [0.1, 0.15) is 0 Å². The molecule has 8 heteroatoms. The van der Waals surface area contributed by atoms with Crippen LogP contribution in [0.2, 0.25) is 4.34 Å². The van der Waals surface area contributed by atoms with E-state index < -0.39 is 30.3 Å². The van der Waals surface area contributed by atoms with Gasteiger partial charge in [-0.1, -0.05) is 22.9 Å². The molecule has 1 heterocycles. The van der Waals surface area contributed by atoms with Crippen molar-refractivity contribution in [2.45, 2.75) is 4.90 Å². The summed E-state index contributed by atoms with van der Waals surface area (Å²) in [5, 5.41) is -1.37. The zero-order valence-corrected chi connectivity index (χ0v) is 7.60. The summed E-state index contributed by atoms with van der Waals surface area (Å²) in [4.78, 5) is -1.20. The molecule has 0 saturated heterocycles. The van der Waals surface area contributed by atoms with Crippen molar-refractivity contribution < 1.29 is 21.8 Å². The largest absolute Gasteiger partial charge is 0.299 e. The second-order valence-electron chi connectivity index (χ2n) is 1.77. The number of hydrogen-bond acceptors (Lipinski definition) is 3. The SMILES string of the molecule is O=S(=O)(O)c1c(Cl)sc(F)c1F. The molecule has 0 spiro atoms. The van der Waals surface area contributed by atoms with Gasteiger partial charge in [0.15, 0.2) is 10.7 Å². The first kappa shape index (κ1) is 9.85. The topological polar surface area (TPSA) is 54.4 Å². The van der Waals surface area contributed by atoms with Gasteiger partial charge < -0.3 is 0 Å². The van der Waals surface area contributed by atoms with Crippen molar-refractivity contribution in [2.24, 2.45) is 0 Å². The van der Waals surface area contributed by atoms with E-state index in [1.54, 1.807) is 0 Å². The van der Waals surface area contributed by atoms with E-state index >= 15 is 0 Å². The molecule has 12 heavy (non-hydrogen) atoms. The molecule has 1 aromatic rings. The zero-order chi connectivity index (χ0) is 9.52. The zero-order valence-electron chi connectivity index (χ0n) is 5.21. The number of thiophene rings is 1. The Hall–Kier alpha value is -0.240. The summed E-state index contributed by atoms with van der Waals surface area (Å²) in [7, 11) is -4.78. The van der Waals surface area contributed by atoms with E-state index in [0.717, 1.165) is 0 Å². The quantitative estimate of drug-likeness (QED) is 0.756. The van der Waals surface area contributed by atoms with Crippen molar-refractivity contribution in [3.63, 3.8) is 0 Å². The average molecular weight is 235 g/mol. The highest BCUT2D eigenvalue weighted by Gasteiger charge is 2.26. The molecule has 0 unspecified atom stereocenters. The maximum atomic E-state index is 12.5. The maximum absolute atomic E-state index is 12.5. The van der Waals surface area contributed by atoms with Crippen molar-refractivity contribution in [1.82, 2.24) is 0 Å². The smallest absolute Gasteiger partial charge is 0.282 e. The van der Waals surface area contributed by atoms with Crippen molar-refractivity contribution >= 4 is 33.1 Å². The second-order valence-corrected chi connectivity index (χ2v) is 4.70. The van der Waals surface area contributed by atoms with Crippen molar-refractivity contribution in [2.75, 3.05) is 0 Å². The van der Waals surface area contributed by atoms with Gasteiger partial charge in [0, 0.05) is 0 Å². The van der Waals surface area contributed by atoms with Crippen LogP contribution < -0.4 is 0 Å². The van der Waals surface area contributed by atoms with Crippen LogP contribution in [0.4, 0.5) is 8.78 Å². The number of halogens is 3. The third-order valence-electron chi connectivity index (χ3n) is 0.988. The predicted molar refractivity (Wildman–Crippen MR) is 39.1 cm³/mol. The van der Waals surface area contributed by atoms with Crippen molar-refractivity contribution in [3.05, 3.63) is 15.3 Å². The van der Waals surface area contributed by atoms with Crippen LogP contribution in [-0.4, -0.2) is 13.0 Å². The van der Waals surface area contributed by atoms with Crippen molar-refractivity contribution in [3.8, 4) is 0 Å². The Balaban J connectivity index is 3.54. The third-order valence-corrected chi connectivity index (χ3v) is 3.29. The summed E-state index contributed by atoms with van der Waals surface area (Å²) in [6, 6.07) is 0. The molecule has 0 aromatic carbocycles. The molecule has 0 aliphatic rings. The highest BCUT2D eigenvalue weighted by molar-refractivity contribution is 7.86. The standard InChI is InChI=1S/C4HClF2O3S2/c5-3-2(12(8,9)10)1(6)4(7)11-3/h(H,8,9,10).